The zero-order valence-corrected chi connectivity index (χ0v) is 19.3. The highest BCUT2D eigenvalue weighted by Crippen LogP contribution is 2.53. The van der Waals surface area contributed by atoms with Crippen molar-refractivity contribution < 1.29 is 28.8 Å². The molecule has 1 aliphatic carbocycles. The van der Waals surface area contributed by atoms with Gasteiger partial charge in [0, 0.05) is 18.6 Å². The summed E-state index contributed by atoms with van der Waals surface area (Å²) in [4.78, 5) is 12.0. The highest BCUT2D eigenvalue weighted by atomic mass is 16.7. The van der Waals surface area contributed by atoms with E-state index < -0.39 is 11.8 Å². The maximum absolute atomic E-state index is 12.0. The fourth-order valence-electron chi connectivity index (χ4n) is 4.92. The van der Waals surface area contributed by atoms with Gasteiger partial charge >= 0.3 is 6.16 Å². The molecule has 30 heavy (non-hydrogen) atoms. The normalized spacial score (nSPS) is 27.5. The fourth-order valence-corrected chi connectivity index (χ4v) is 4.92. The van der Waals surface area contributed by atoms with Crippen molar-refractivity contribution in [2.24, 2.45) is 11.3 Å². The van der Waals surface area contributed by atoms with Gasteiger partial charge in [0.25, 0.3) is 0 Å². The van der Waals surface area contributed by atoms with Gasteiger partial charge < -0.3 is 24.1 Å². The highest BCUT2D eigenvalue weighted by Gasteiger charge is 2.54. The van der Waals surface area contributed by atoms with E-state index in [-0.39, 0.29) is 29.6 Å². The summed E-state index contributed by atoms with van der Waals surface area (Å²) in [5.74, 6) is 1.04. The van der Waals surface area contributed by atoms with Crippen LogP contribution in [0, 0.1) is 11.3 Å². The number of rotatable bonds is 4. The lowest BCUT2D eigenvalue weighted by Gasteiger charge is -2.55. The monoisotopic (exact) mass is 420 g/mol. The van der Waals surface area contributed by atoms with Gasteiger partial charge in [0.05, 0.1) is 12.7 Å². The van der Waals surface area contributed by atoms with E-state index in [0.717, 1.165) is 41.7 Å². The summed E-state index contributed by atoms with van der Waals surface area (Å²) in [6, 6.07) is 4.01. The predicted octanol–water partition coefficient (Wildman–Crippen LogP) is 4.78. The smallest absolute Gasteiger partial charge is 0.487 e. The number of fused-ring (bicyclic) bond motifs is 2. The van der Waals surface area contributed by atoms with Crippen molar-refractivity contribution in [3.05, 3.63) is 28.8 Å². The molecule has 1 aromatic carbocycles. The van der Waals surface area contributed by atoms with Crippen molar-refractivity contribution >= 4 is 6.16 Å². The van der Waals surface area contributed by atoms with Crippen LogP contribution in [0.25, 0.3) is 0 Å². The first-order chi connectivity index (χ1) is 13.9. The highest BCUT2D eigenvalue weighted by molar-refractivity contribution is 5.60. The molecule has 0 radical (unpaired) electrons. The number of carbonyl (C=O) groups is 1. The first kappa shape index (κ1) is 22.9. The van der Waals surface area contributed by atoms with Crippen LogP contribution in [0.2, 0.25) is 0 Å². The SMILES string of the molecule is COCc1cc(COC(=O)OC(C)(C)C)cc2c1O[C@]1(C)CC[C@@H](O)C(C)(C)[C@H]1C2. The third-order valence-corrected chi connectivity index (χ3v) is 6.52. The molecule has 6 heteroatoms. The Bertz CT molecular complexity index is 794. The minimum absolute atomic E-state index is 0.118. The van der Waals surface area contributed by atoms with Gasteiger partial charge in [-0.2, -0.15) is 0 Å². The molecule has 0 aromatic heterocycles. The lowest BCUT2D eigenvalue weighted by Crippen LogP contribution is -2.58. The lowest BCUT2D eigenvalue weighted by molar-refractivity contribution is -0.138. The van der Waals surface area contributed by atoms with Crippen LogP contribution in [-0.4, -0.2) is 35.7 Å². The molecular formula is C24H36O6. The number of hydrogen-bond donors (Lipinski definition) is 1. The van der Waals surface area contributed by atoms with E-state index in [9.17, 15) is 9.90 Å². The van der Waals surface area contributed by atoms with E-state index in [2.05, 4.69) is 20.8 Å². The van der Waals surface area contributed by atoms with Crippen LogP contribution in [0.3, 0.4) is 0 Å². The van der Waals surface area contributed by atoms with Gasteiger partial charge in [0.1, 0.15) is 23.6 Å². The van der Waals surface area contributed by atoms with Gasteiger partial charge in [-0.3, -0.25) is 0 Å². The summed E-state index contributed by atoms with van der Waals surface area (Å²) in [6.07, 6.45) is 1.31. The van der Waals surface area contributed by atoms with E-state index >= 15 is 0 Å². The fraction of sp³-hybridized carbons (Fsp3) is 0.708. The second-order valence-corrected chi connectivity index (χ2v) is 10.5. The van der Waals surface area contributed by atoms with Crippen LogP contribution >= 0.6 is 0 Å². The number of benzene rings is 1. The van der Waals surface area contributed by atoms with Crippen LogP contribution in [0.4, 0.5) is 4.79 Å². The Morgan fingerprint density at radius 3 is 2.57 bits per heavy atom. The summed E-state index contributed by atoms with van der Waals surface area (Å²) in [6.45, 7) is 12.3. The molecule has 1 aliphatic heterocycles. The summed E-state index contributed by atoms with van der Waals surface area (Å²) >= 11 is 0. The number of carbonyl (C=O) groups excluding carboxylic acids is 1. The van der Waals surface area contributed by atoms with Crippen LogP contribution < -0.4 is 4.74 Å². The molecule has 0 amide bonds. The molecule has 168 valence electrons. The molecule has 3 rings (SSSR count). The van der Waals surface area contributed by atoms with Crippen molar-refractivity contribution in [3.8, 4) is 5.75 Å². The molecular weight excluding hydrogens is 384 g/mol. The molecule has 0 unspecified atom stereocenters. The molecule has 1 aromatic rings. The zero-order valence-electron chi connectivity index (χ0n) is 19.3. The van der Waals surface area contributed by atoms with Crippen LogP contribution in [0.1, 0.15) is 71.1 Å². The summed E-state index contributed by atoms with van der Waals surface area (Å²) in [7, 11) is 1.66. The largest absolute Gasteiger partial charge is 0.509 e. The number of aliphatic hydroxyl groups excluding tert-OH is 1. The standard InChI is InChI=1S/C24H36O6/c1-22(2,3)30-21(26)28-13-15-10-16-12-18-23(4,5)19(25)8-9-24(18,6)29-20(16)17(11-15)14-27-7/h10-11,18-19,25H,8-9,12-14H2,1-7H3/t18-,19-,24-/m1/s1. The van der Waals surface area contributed by atoms with E-state index in [1.165, 1.54) is 0 Å². The Labute approximate surface area is 179 Å². The van der Waals surface area contributed by atoms with Crippen molar-refractivity contribution in [2.75, 3.05) is 7.11 Å². The first-order valence-electron chi connectivity index (χ1n) is 10.7. The molecule has 0 bridgehead atoms. The van der Waals surface area contributed by atoms with Crippen molar-refractivity contribution in [1.29, 1.82) is 0 Å². The Balaban J connectivity index is 1.88. The molecule has 0 spiro atoms. The van der Waals surface area contributed by atoms with E-state index in [4.69, 9.17) is 18.9 Å². The van der Waals surface area contributed by atoms with Gasteiger partial charge in [0.15, 0.2) is 0 Å². The van der Waals surface area contributed by atoms with Crippen LogP contribution in [-0.2, 0) is 33.8 Å². The van der Waals surface area contributed by atoms with Gasteiger partial charge in [-0.05, 0) is 75.6 Å². The average Bonchev–Trinajstić information content (AvgIpc) is 2.62. The second-order valence-electron chi connectivity index (χ2n) is 10.5. The third kappa shape index (κ3) is 4.59. The van der Waals surface area contributed by atoms with Gasteiger partial charge in [-0.15, -0.1) is 0 Å². The topological polar surface area (TPSA) is 74.2 Å². The molecule has 3 atom stereocenters. The Hall–Kier alpha value is -1.79. The van der Waals surface area contributed by atoms with Crippen molar-refractivity contribution in [1.82, 2.24) is 0 Å². The Kier molecular flexibility index (Phi) is 6.14. The molecule has 1 heterocycles. The molecule has 2 aliphatic rings. The minimum Gasteiger partial charge on any atom is -0.487 e. The average molecular weight is 421 g/mol. The quantitative estimate of drug-likeness (QED) is 0.707. The summed E-state index contributed by atoms with van der Waals surface area (Å²) < 4.78 is 22.6. The Morgan fingerprint density at radius 1 is 1.23 bits per heavy atom. The first-order valence-corrected chi connectivity index (χ1v) is 10.7. The van der Waals surface area contributed by atoms with E-state index in [1.54, 1.807) is 27.9 Å². The van der Waals surface area contributed by atoms with Crippen molar-refractivity contribution in [3.63, 3.8) is 0 Å². The predicted molar refractivity (Wildman–Crippen MR) is 113 cm³/mol. The van der Waals surface area contributed by atoms with Crippen LogP contribution in [0.5, 0.6) is 5.75 Å². The summed E-state index contributed by atoms with van der Waals surface area (Å²) in [5.41, 5.74) is 1.70. The number of methoxy groups -OCH3 is 1. The molecule has 1 saturated carbocycles. The van der Waals surface area contributed by atoms with Crippen LogP contribution in [0.15, 0.2) is 12.1 Å². The number of ether oxygens (including phenoxy) is 4. The maximum atomic E-state index is 12.0. The number of hydrogen-bond acceptors (Lipinski definition) is 6. The van der Waals surface area contributed by atoms with Gasteiger partial charge in [0.2, 0.25) is 0 Å². The Morgan fingerprint density at radius 2 is 1.93 bits per heavy atom. The maximum Gasteiger partial charge on any atom is 0.509 e. The van der Waals surface area contributed by atoms with E-state index in [1.807, 2.05) is 12.1 Å². The lowest BCUT2D eigenvalue weighted by atomic mass is 9.57. The van der Waals surface area contributed by atoms with Gasteiger partial charge in [-0.1, -0.05) is 13.8 Å². The second kappa shape index (κ2) is 8.04. The molecule has 1 fully saturated rings. The van der Waals surface area contributed by atoms with Gasteiger partial charge in [-0.25, -0.2) is 4.79 Å². The minimum atomic E-state index is -0.686. The molecule has 0 saturated heterocycles. The molecule has 6 nitrogen and oxygen atoms in total. The van der Waals surface area contributed by atoms with Crippen molar-refractivity contribution in [2.45, 2.75) is 91.3 Å². The number of aliphatic hydroxyl groups is 1. The molecule has 1 N–H and O–H groups in total. The van der Waals surface area contributed by atoms with E-state index in [0.29, 0.717) is 6.61 Å². The zero-order chi connectivity index (χ0) is 22.3. The third-order valence-electron chi connectivity index (χ3n) is 6.52. The summed E-state index contributed by atoms with van der Waals surface area (Å²) in [5, 5.41) is 10.6.